The Morgan fingerprint density at radius 2 is 1.23 bits per heavy atom. The van der Waals surface area contributed by atoms with Gasteiger partial charge >= 0.3 is 0 Å². The molecule has 4 nitrogen and oxygen atoms in total. The third-order valence-electron chi connectivity index (χ3n) is 1.44. The average Bonchev–Trinajstić information content (AvgIpc) is 2.03. The van der Waals surface area contributed by atoms with Crippen LogP contribution in [0.5, 0.6) is 0 Å². The largest absolute Gasteiger partial charge is 0.300 e. The number of carbonyl (C=O) groups is 3. The van der Waals surface area contributed by atoms with E-state index < -0.39 is 0 Å². The molecular weight excluding hydrogens is 170 g/mol. The molecule has 2 amide bonds. The lowest BCUT2D eigenvalue weighted by molar-refractivity contribution is -0.140. The van der Waals surface area contributed by atoms with Crippen molar-refractivity contribution in [2.24, 2.45) is 0 Å². The molecule has 0 aliphatic heterocycles. The Bertz CT molecular complexity index is 185. The van der Waals surface area contributed by atoms with Gasteiger partial charge in [-0.2, -0.15) is 0 Å². The van der Waals surface area contributed by atoms with Gasteiger partial charge in [-0.05, 0) is 6.92 Å². The maximum absolute atomic E-state index is 10.3. The van der Waals surface area contributed by atoms with Gasteiger partial charge in [-0.15, -0.1) is 0 Å². The van der Waals surface area contributed by atoms with Crippen LogP contribution in [-0.2, 0) is 14.4 Å². The van der Waals surface area contributed by atoms with E-state index in [4.69, 9.17) is 0 Å². The topological polar surface area (TPSA) is 54.5 Å². The van der Waals surface area contributed by atoms with Crippen LogP contribution in [0.15, 0.2) is 0 Å². The number of nitrogens with zero attached hydrogens (tertiary/aromatic N) is 1. The Morgan fingerprint density at radius 1 is 1.00 bits per heavy atom. The minimum atomic E-state index is -0.225. The van der Waals surface area contributed by atoms with E-state index in [1.54, 1.807) is 6.92 Å². The molecule has 0 heterocycles. The van der Waals surface area contributed by atoms with E-state index in [1.807, 2.05) is 6.92 Å². The first-order chi connectivity index (χ1) is 5.82. The second kappa shape index (κ2) is 7.46. The number of amides is 2. The van der Waals surface area contributed by atoms with Crippen molar-refractivity contribution >= 4 is 17.6 Å². The van der Waals surface area contributed by atoms with E-state index in [0.717, 1.165) is 4.90 Å². The summed E-state index contributed by atoms with van der Waals surface area (Å²) in [5.74, 6) is -0.194. The molecule has 0 atom stereocenters. The summed E-state index contributed by atoms with van der Waals surface area (Å²) in [6.45, 7) is 6.13. The summed E-state index contributed by atoms with van der Waals surface area (Å²) < 4.78 is 0. The Balaban J connectivity index is 0. The summed E-state index contributed by atoms with van der Waals surface area (Å²) >= 11 is 0. The minimum absolute atomic E-state index is 0.225. The highest BCUT2D eigenvalue weighted by Gasteiger charge is 2.04. The molecule has 0 radical (unpaired) electrons. The summed E-state index contributed by atoms with van der Waals surface area (Å²) in [7, 11) is 1.45. The van der Waals surface area contributed by atoms with E-state index in [0.29, 0.717) is 6.42 Å². The van der Waals surface area contributed by atoms with Gasteiger partial charge in [0.1, 0.15) is 5.78 Å². The molecular formula is C9H17NO3. The van der Waals surface area contributed by atoms with Crippen LogP contribution in [-0.4, -0.2) is 29.5 Å². The number of ketones is 1. The average molecular weight is 187 g/mol. The normalized spacial score (nSPS) is 8.08. The highest BCUT2D eigenvalue weighted by atomic mass is 16.2. The zero-order valence-corrected chi connectivity index (χ0v) is 8.88. The van der Waals surface area contributed by atoms with Crippen molar-refractivity contribution in [1.82, 2.24) is 4.90 Å². The van der Waals surface area contributed by atoms with Gasteiger partial charge in [-0.25, -0.2) is 0 Å². The van der Waals surface area contributed by atoms with Crippen molar-refractivity contribution in [2.75, 3.05) is 7.05 Å². The van der Waals surface area contributed by atoms with Crippen LogP contribution in [0.2, 0.25) is 0 Å². The lowest BCUT2D eigenvalue weighted by Gasteiger charge is -2.07. The summed E-state index contributed by atoms with van der Waals surface area (Å²) in [6, 6.07) is 0. The second-order valence-corrected chi connectivity index (χ2v) is 2.65. The first kappa shape index (κ1) is 14.3. The quantitative estimate of drug-likeness (QED) is 0.615. The van der Waals surface area contributed by atoms with Gasteiger partial charge in [0, 0.05) is 27.3 Å². The maximum Gasteiger partial charge on any atom is 0.225 e. The molecule has 0 unspecified atom stereocenters. The van der Waals surface area contributed by atoms with E-state index in [-0.39, 0.29) is 17.6 Å². The summed E-state index contributed by atoms with van der Waals surface area (Å²) in [4.78, 5) is 31.4. The van der Waals surface area contributed by atoms with E-state index in [1.165, 1.54) is 20.9 Å². The van der Waals surface area contributed by atoms with Gasteiger partial charge in [0.15, 0.2) is 0 Å². The molecule has 76 valence electrons. The van der Waals surface area contributed by atoms with E-state index >= 15 is 0 Å². The van der Waals surface area contributed by atoms with Gasteiger partial charge in [-0.3, -0.25) is 14.5 Å². The molecule has 0 aliphatic carbocycles. The monoisotopic (exact) mass is 187 g/mol. The van der Waals surface area contributed by atoms with Crippen molar-refractivity contribution in [1.29, 1.82) is 0 Å². The zero-order valence-electron chi connectivity index (χ0n) is 8.88. The molecule has 0 fully saturated rings. The minimum Gasteiger partial charge on any atom is -0.300 e. The third-order valence-corrected chi connectivity index (χ3v) is 1.44. The molecule has 4 heteroatoms. The Kier molecular flexibility index (Phi) is 8.23. The van der Waals surface area contributed by atoms with Crippen molar-refractivity contribution in [3.05, 3.63) is 0 Å². The van der Waals surface area contributed by atoms with Crippen LogP contribution < -0.4 is 0 Å². The predicted octanol–water partition coefficient (Wildman–Crippen LogP) is 0.997. The zero-order chi connectivity index (χ0) is 11.0. The number of rotatable bonds is 1. The lowest BCUT2D eigenvalue weighted by Crippen LogP contribution is -2.28. The number of hydrogen-bond acceptors (Lipinski definition) is 3. The van der Waals surface area contributed by atoms with Gasteiger partial charge in [0.05, 0.1) is 0 Å². The molecule has 0 saturated carbocycles. The van der Waals surface area contributed by atoms with Crippen LogP contribution >= 0.6 is 0 Å². The molecule has 0 rings (SSSR count). The van der Waals surface area contributed by atoms with Crippen molar-refractivity contribution in [2.45, 2.75) is 34.1 Å². The smallest absolute Gasteiger partial charge is 0.225 e. The molecule has 0 spiro atoms. The lowest BCUT2D eigenvalue weighted by atomic mass is 10.4. The van der Waals surface area contributed by atoms with Crippen molar-refractivity contribution < 1.29 is 14.4 Å². The van der Waals surface area contributed by atoms with Gasteiger partial charge in [-0.1, -0.05) is 6.92 Å². The number of imide groups is 1. The fraction of sp³-hybridized carbons (Fsp3) is 0.667. The Morgan fingerprint density at radius 3 is 1.23 bits per heavy atom. The molecule has 0 aromatic rings. The van der Waals surface area contributed by atoms with Crippen LogP contribution in [0.1, 0.15) is 34.1 Å². The van der Waals surface area contributed by atoms with Crippen LogP contribution in [0.3, 0.4) is 0 Å². The molecule has 0 aliphatic rings. The Labute approximate surface area is 78.9 Å². The predicted molar refractivity (Wildman–Crippen MR) is 50.1 cm³/mol. The van der Waals surface area contributed by atoms with Gasteiger partial charge in [0.25, 0.3) is 0 Å². The summed E-state index contributed by atoms with van der Waals surface area (Å²) in [6.07, 6.45) is 0.667. The fourth-order valence-corrected chi connectivity index (χ4v) is 0.222. The first-order valence-electron chi connectivity index (χ1n) is 4.07. The number of hydrogen-bond donors (Lipinski definition) is 0. The second-order valence-electron chi connectivity index (χ2n) is 2.65. The number of carbonyl (C=O) groups excluding carboxylic acids is 3. The highest BCUT2D eigenvalue weighted by Crippen LogP contribution is 1.81. The molecule has 0 aromatic heterocycles. The van der Waals surface area contributed by atoms with E-state index in [9.17, 15) is 14.4 Å². The highest BCUT2D eigenvalue weighted by molar-refractivity contribution is 5.92. The Hall–Kier alpha value is -1.19. The van der Waals surface area contributed by atoms with Gasteiger partial charge in [0.2, 0.25) is 11.8 Å². The SMILES string of the molecule is CC(=O)N(C)C(C)=O.CCC(C)=O. The van der Waals surface area contributed by atoms with Crippen molar-refractivity contribution in [3.63, 3.8) is 0 Å². The fourth-order valence-electron chi connectivity index (χ4n) is 0.222. The third kappa shape index (κ3) is 10.8. The van der Waals surface area contributed by atoms with Crippen LogP contribution in [0.25, 0.3) is 0 Å². The molecule has 0 N–H and O–H groups in total. The first-order valence-corrected chi connectivity index (χ1v) is 4.07. The summed E-state index contributed by atoms with van der Waals surface area (Å²) in [5.41, 5.74) is 0. The summed E-state index contributed by atoms with van der Waals surface area (Å²) in [5, 5.41) is 0. The van der Waals surface area contributed by atoms with Crippen molar-refractivity contribution in [3.8, 4) is 0 Å². The standard InChI is InChI=1S/C5H9NO2.C4H8O/c1-4(7)6(3)5(2)8;1-3-4(2)5/h1-3H3;3H2,1-2H3. The van der Waals surface area contributed by atoms with Gasteiger partial charge < -0.3 is 4.79 Å². The maximum atomic E-state index is 10.3. The molecule has 13 heavy (non-hydrogen) atoms. The van der Waals surface area contributed by atoms with E-state index in [2.05, 4.69) is 0 Å². The van der Waals surface area contributed by atoms with Crippen LogP contribution in [0.4, 0.5) is 0 Å². The molecule has 0 aromatic carbocycles. The molecule has 0 bridgehead atoms. The number of Topliss-reactive ketones (excluding diaryl/α,β-unsaturated/α-hetero) is 1. The molecule has 0 saturated heterocycles. The van der Waals surface area contributed by atoms with Crippen LogP contribution in [0, 0.1) is 0 Å².